The predicted octanol–water partition coefficient (Wildman–Crippen LogP) is 0.240. The summed E-state index contributed by atoms with van der Waals surface area (Å²) in [5.74, 6) is 0. The zero-order valence-corrected chi connectivity index (χ0v) is 13.4. The van der Waals surface area contributed by atoms with E-state index >= 15 is 0 Å². The number of nitrogens with one attached hydrogen (secondary N) is 1. The van der Waals surface area contributed by atoms with E-state index in [0.717, 1.165) is 25.6 Å². The van der Waals surface area contributed by atoms with Crippen LogP contribution in [0, 0.1) is 0 Å². The van der Waals surface area contributed by atoms with E-state index in [-0.39, 0.29) is 5.41 Å². The molecule has 0 aliphatic carbocycles. The highest BCUT2D eigenvalue weighted by molar-refractivity contribution is 6.39. The van der Waals surface area contributed by atoms with E-state index in [0.29, 0.717) is 6.54 Å². The monoisotopic (exact) mass is 282 g/mol. The number of methoxy groups -OCH3 is 2. The molecule has 108 valence electrons. The summed E-state index contributed by atoms with van der Waals surface area (Å²) in [6, 6.07) is 10.5. The third kappa shape index (κ3) is 5.84. The van der Waals surface area contributed by atoms with Crippen LogP contribution in [0.1, 0.15) is 12.0 Å². The highest BCUT2D eigenvalue weighted by Crippen LogP contribution is 2.18. The molecule has 1 aromatic carbocycles. The molecule has 1 aromatic rings. The van der Waals surface area contributed by atoms with Crippen LogP contribution in [0.4, 0.5) is 0 Å². The average Bonchev–Trinajstić information content (AvgIpc) is 2.48. The molecule has 1 rings (SSSR count). The number of ether oxygens (including phenoxy) is 2. The molecule has 0 aromatic heterocycles. The third-order valence-electron chi connectivity index (χ3n) is 3.39. The first-order valence-corrected chi connectivity index (χ1v) is 8.52. The van der Waals surface area contributed by atoms with Crippen molar-refractivity contribution in [3.8, 4) is 0 Å². The Morgan fingerprint density at radius 1 is 1.21 bits per heavy atom. The van der Waals surface area contributed by atoms with Gasteiger partial charge in [0, 0.05) is 33.7 Å². The van der Waals surface area contributed by atoms with Crippen LogP contribution in [0.15, 0.2) is 30.3 Å². The molecule has 0 aliphatic heterocycles. The molecular weight excluding hydrogens is 256 g/mol. The summed E-state index contributed by atoms with van der Waals surface area (Å²) >= 11 is 0. The zero-order valence-electron chi connectivity index (χ0n) is 12.0. The maximum absolute atomic E-state index is 5.66. The number of rotatable bonds is 10. The van der Waals surface area contributed by atoms with Gasteiger partial charge in [-0.1, -0.05) is 30.3 Å². The van der Waals surface area contributed by atoms with Gasteiger partial charge in [0.15, 0.2) is 0 Å². The molecule has 0 radical (unpaired) electrons. The molecule has 0 aliphatic rings. The second kappa shape index (κ2) is 9.22. The van der Waals surface area contributed by atoms with Crippen molar-refractivity contribution in [2.45, 2.75) is 18.3 Å². The maximum atomic E-state index is 5.66. The Balaban J connectivity index is 2.46. The molecule has 19 heavy (non-hydrogen) atoms. The number of nitrogens with two attached hydrogens (primary N) is 1. The maximum Gasteiger partial charge on any atom is 0.145 e. The summed E-state index contributed by atoms with van der Waals surface area (Å²) in [7, 11) is 2.95. The molecular formula is C14H26N2O2Si. The molecule has 0 saturated carbocycles. The third-order valence-corrected chi connectivity index (χ3v) is 5.68. The normalized spacial score (nSPS) is 12.4. The minimum atomic E-state index is -0.529. The van der Waals surface area contributed by atoms with Crippen molar-refractivity contribution in [1.29, 1.82) is 0 Å². The Hall–Kier alpha value is -0.723. The highest BCUT2D eigenvalue weighted by Gasteiger charge is 2.28. The lowest BCUT2D eigenvalue weighted by molar-refractivity contribution is -0.148. The second-order valence-corrected chi connectivity index (χ2v) is 6.67. The minimum absolute atomic E-state index is 0.378. The molecule has 5 heteroatoms. The Kier molecular flexibility index (Phi) is 7.93. The molecule has 0 fully saturated rings. The van der Waals surface area contributed by atoms with Gasteiger partial charge in [-0.3, -0.25) is 0 Å². The molecule has 0 bridgehead atoms. The van der Waals surface area contributed by atoms with Gasteiger partial charge >= 0.3 is 0 Å². The van der Waals surface area contributed by atoms with Gasteiger partial charge in [-0.25, -0.2) is 0 Å². The molecule has 0 heterocycles. The van der Waals surface area contributed by atoms with Gasteiger partial charge in [0.05, 0.1) is 0 Å². The van der Waals surface area contributed by atoms with E-state index in [9.17, 15) is 0 Å². The van der Waals surface area contributed by atoms with E-state index in [1.54, 1.807) is 14.2 Å². The first-order valence-electron chi connectivity index (χ1n) is 6.81. The lowest BCUT2D eigenvalue weighted by Gasteiger charge is -2.31. The Labute approximate surface area is 118 Å². The summed E-state index contributed by atoms with van der Waals surface area (Å²) in [4.78, 5) is 0. The van der Waals surface area contributed by atoms with Crippen molar-refractivity contribution in [2.75, 3.05) is 33.5 Å². The van der Waals surface area contributed by atoms with Crippen LogP contribution >= 0.6 is 0 Å². The van der Waals surface area contributed by atoms with Gasteiger partial charge in [0.2, 0.25) is 0 Å². The van der Waals surface area contributed by atoms with Crippen molar-refractivity contribution in [3.05, 3.63) is 35.9 Å². The minimum Gasteiger partial charge on any atom is -0.358 e. The van der Waals surface area contributed by atoms with Crippen LogP contribution in [-0.2, 0) is 15.9 Å². The van der Waals surface area contributed by atoms with Crippen molar-refractivity contribution in [2.24, 2.45) is 5.73 Å². The van der Waals surface area contributed by atoms with Crippen molar-refractivity contribution in [1.82, 2.24) is 5.32 Å². The summed E-state index contributed by atoms with van der Waals surface area (Å²) in [5.41, 5.74) is 6.41. The van der Waals surface area contributed by atoms with Crippen molar-refractivity contribution in [3.63, 3.8) is 0 Å². The standard InChI is InChI=1S/C14H26N2O2Si/c1-17-14(18-2,19-12-16-11-10-15)9-8-13-6-4-3-5-7-13/h3-7,16H,8-12,15,19H2,1-2H3. The molecule has 0 spiro atoms. The fraction of sp³-hybridized carbons (Fsp3) is 0.571. The van der Waals surface area contributed by atoms with Crippen LogP contribution in [0.3, 0.4) is 0 Å². The van der Waals surface area contributed by atoms with Crippen LogP contribution < -0.4 is 11.1 Å². The number of hydrogen-bond donors (Lipinski definition) is 2. The molecule has 4 nitrogen and oxygen atoms in total. The van der Waals surface area contributed by atoms with Crippen LogP contribution in [0.5, 0.6) is 0 Å². The van der Waals surface area contributed by atoms with Crippen LogP contribution in [-0.4, -0.2) is 48.4 Å². The summed E-state index contributed by atoms with van der Waals surface area (Å²) in [6.45, 7) is 1.53. The summed E-state index contributed by atoms with van der Waals surface area (Å²) < 4.78 is 11.3. The smallest absolute Gasteiger partial charge is 0.145 e. The first-order chi connectivity index (χ1) is 9.26. The van der Waals surface area contributed by atoms with Gasteiger partial charge in [-0.05, 0) is 18.2 Å². The van der Waals surface area contributed by atoms with E-state index < -0.39 is 9.52 Å². The van der Waals surface area contributed by atoms with Gasteiger partial charge in [0.25, 0.3) is 0 Å². The fourth-order valence-corrected chi connectivity index (χ4v) is 3.74. The van der Waals surface area contributed by atoms with E-state index in [1.807, 2.05) is 6.07 Å². The number of benzene rings is 1. The topological polar surface area (TPSA) is 56.5 Å². The lowest BCUT2D eigenvalue weighted by Crippen LogP contribution is -2.46. The van der Waals surface area contributed by atoms with Crippen LogP contribution in [0.25, 0.3) is 0 Å². The van der Waals surface area contributed by atoms with E-state index in [4.69, 9.17) is 15.2 Å². The Bertz CT molecular complexity index is 331. The number of aryl methyl sites for hydroxylation is 1. The summed E-state index contributed by atoms with van der Waals surface area (Å²) in [6.07, 6.45) is 2.86. The van der Waals surface area contributed by atoms with Gasteiger partial charge in [0.1, 0.15) is 14.9 Å². The van der Waals surface area contributed by atoms with Gasteiger partial charge in [-0.2, -0.15) is 0 Å². The quantitative estimate of drug-likeness (QED) is 0.367. The highest BCUT2D eigenvalue weighted by atomic mass is 28.2. The fourth-order valence-electron chi connectivity index (χ4n) is 2.10. The average molecular weight is 282 g/mol. The molecule has 0 amide bonds. The Morgan fingerprint density at radius 2 is 1.89 bits per heavy atom. The SMILES string of the molecule is COC(CCc1ccccc1)(OC)[SiH2]CNCCN. The van der Waals surface area contributed by atoms with Crippen molar-refractivity contribution >= 4 is 9.52 Å². The molecule has 3 N–H and O–H groups in total. The zero-order chi connectivity index (χ0) is 14.0. The Morgan fingerprint density at radius 3 is 2.47 bits per heavy atom. The lowest BCUT2D eigenvalue weighted by atomic mass is 10.1. The number of hydrogen-bond acceptors (Lipinski definition) is 4. The van der Waals surface area contributed by atoms with Gasteiger partial charge in [-0.15, -0.1) is 0 Å². The van der Waals surface area contributed by atoms with E-state index in [1.165, 1.54) is 5.56 Å². The molecule has 0 saturated heterocycles. The van der Waals surface area contributed by atoms with E-state index in [2.05, 4.69) is 29.6 Å². The molecule has 0 unspecified atom stereocenters. The van der Waals surface area contributed by atoms with Gasteiger partial charge < -0.3 is 20.5 Å². The molecule has 0 atom stereocenters. The predicted molar refractivity (Wildman–Crippen MR) is 82.0 cm³/mol. The van der Waals surface area contributed by atoms with Crippen molar-refractivity contribution < 1.29 is 9.47 Å². The summed E-state index contributed by atoms with van der Waals surface area (Å²) in [5, 5.41) is 3.33. The first kappa shape index (κ1) is 16.3. The second-order valence-electron chi connectivity index (χ2n) is 4.59. The van der Waals surface area contributed by atoms with Crippen LogP contribution in [0.2, 0.25) is 0 Å². The largest absolute Gasteiger partial charge is 0.358 e.